The molecule has 2 rings (SSSR count). The molecule has 3 heteroatoms. The number of thiophene rings is 1. The number of hydrogen-bond acceptors (Lipinski definition) is 3. The number of nitrogens with one attached hydrogen (secondary N) is 1. The first-order valence-electron chi connectivity index (χ1n) is 5.40. The minimum atomic E-state index is 0.0705. The number of rotatable bonds is 5. The van der Waals surface area contributed by atoms with Crippen LogP contribution in [0.1, 0.15) is 16.5 Å². The van der Waals surface area contributed by atoms with Crippen LogP contribution in [0.4, 0.5) is 0 Å². The molecule has 3 N–H and O–H groups in total. The molecule has 1 unspecified atom stereocenters. The fourth-order valence-corrected chi connectivity index (χ4v) is 2.26. The Hall–Kier alpha value is -1.16. The van der Waals surface area contributed by atoms with Crippen LogP contribution in [0, 0.1) is 0 Å². The third-order valence-electron chi connectivity index (χ3n) is 2.47. The Morgan fingerprint density at radius 3 is 2.62 bits per heavy atom. The average molecular weight is 232 g/mol. The van der Waals surface area contributed by atoms with E-state index in [1.165, 1.54) is 10.4 Å². The summed E-state index contributed by atoms with van der Waals surface area (Å²) >= 11 is 1.77. The summed E-state index contributed by atoms with van der Waals surface area (Å²) in [4.78, 5) is 1.35. The van der Waals surface area contributed by atoms with Crippen LogP contribution < -0.4 is 11.1 Å². The molecule has 0 amide bonds. The molecule has 1 atom stereocenters. The molecule has 0 aliphatic heterocycles. The van der Waals surface area contributed by atoms with Crippen LogP contribution in [0.15, 0.2) is 47.8 Å². The lowest BCUT2D eigenvalue weighted by molar-refractivity contribution is 0.601. The Morgan fingerprint density at radius 2 is 1.94 bits per heavy atom. The number of nitrogens with two attached hydrogens (primary N) is 1. The van der Waals surface area contributed by atoms with E-state index in [-0.39, 0.29) is 6.04 Å². The Balaban J connectivity index is 1.78. The first kappa shape index (κ1) is 11.3. The molecule has 1 heterocycles. The lowest BCUT2D eigenvalue weighted by Gasteiger charge is -2.12. The van der Waals surface area contributed by atoms with Gasteiger partial charge in [0.2, 0.25) is 0 Å². The minimum Gasteiger partial charge on any atom is -0.323 e. The molecule has 0 aliphatic rings. The molecule has 0 spiro atoms. The lowest BCUT2D eigenvalue weighted by Crippen LogP contribution is -2.26. The third kappa shape index (κ3) is 3.17. The van der Waals surface area contributed by atoms with Crippen molar-refractivity contribution in [2.75, 3.05) is 6.54 Å². The second kappa shape index (κ2) is 5.80. The van der Waals surface area contributed by atoms with E-state index in [4.69, 9.17) is 5.73 Å². The molecule has 16 heavy (non-hydrogen) atoms. The molecule has 0 bridgehead atoms. The van der Waals surface area contributed by atoms with E-state index in [0.717, 1.165) is 13.1 Å². The van der Waals surface area contributed by atoms with Gasteiger partial charge in [0.05, 0.1) is 0 Å². The van der Waals surface area contributed by atoms with Crippen molar-refractivity contribution in [2.24, 2.45) is 5.73 Å². The van der Waals surface area contributed by atoms with E-state index in [0.29, 0.717) is 0 Å². The SMILES string of the molecule is NC(CNCc1cccs1)c1ccccc1. The normalized spacial score (nSPS) is 12.6. The second-order valence-corrected chi connectivity index (χ2v) is 4.76. The van der Waals surface area contributed by atoms with E-state index in [1.54, 1.807) is 11.3 Å². The van der Waals surface area contributed by atoms with Crippen molar-refractivity contribution < 1.29 is 0 Å². The standard InChI is InChI=1S/C13H16N2S/c14-13(11-5-2-1-3-6-11)10-15-9-12-7-4-8-16-12/h1-8,13,15H,9-10,14H2. The highest BCUT2D eigenvalue weighted by atomic mass is 32.1. The largest absolute Gasteiger partial charge is 0.323 e. The monoisotopic (exact) mass is 232 g/mol. The Labute approximate surface area is 100 Å². The predicted molar refractivity (Wildman–Crippen MR) is 69.4 cm³/mol. The van der Waals surface area contributed by atoms with E-state index in [2.05, 4.69) is 35.0 Å². The minimum absolute atomic E-state index is 0.0705. The molecule has 1 aromatic heterocycles. The molecule has 0 saturated heterocycles. The highest BCUT2D eigenvalue weighted by Crippen LogP contribution is 2.10. The van der Waals surface area contributed by atoms with Crippen LogP contribution in [-0.2, 0) is 6.54 Å². The van der Waals surface area contributed by atoms with Gasteiger partial charge in [-0.15, -0.1) is 11.3 Å². The van der Waals surface area contributed by atoms with Crippen molar-refractivity contribution in [1.82, 2.24) is 5.32 Å². The van der Waals surface area contributed by atoms with E-state index in [1.807, 2.05) is 18.2 Å². The highest BCUT2D eigenvalue weighted by Gasteiger charge is 2.04. The quantitative estimate of drug-likeness (QED) is 0.831. The van der Waals surface area contributed by atoms with Crippen molar-refractivity contribution >= 4 is 11.3 Å². The average Bonchev–Trinajstić information content (AvgIpc) is 2.83. The van der Waals surface area contributed by atoms with Crippen molar-refractivity contribution in [3.05, 3.63) is 58.3 Å². The molecule has 2 nitrogen and oxygen atoms in total. The van der Waals surface area contributed by atoms with Crippen LogP contribution in [0.2, 0.25) is 0 Å². The fourth-order valence-electron chi connectivity index (χ4n) is 1.58. The molecule has 0 aliphatic carbocycles. The zero-order chi connectivity index (χ0) is 11.2. The first-order valence-corrected chi connectivity index (χ1v) is 6.28. The Kier molecular flexibility index (Phi) is 4.10. The van der Waals surface area contributed by atoms with E-state index >= 15 is 0 Å². The van der Waals surface area contributed by atoms with Crippen molar-refractivity contribution in [3.8, 4) is 0 Å². The van der Waals surface area contributed by atoms with Gasteiger partial charge >= 0.3 is 0 Å². The maximum absolute atomic E-state index is 6.08. The van der Waals surface area contributed by atoms with Gasteiger partial charge in [-0.2, -0.15) is 0 Å². The van der Waals surface area contributed by atoms with E-state index in [9.17, 15) is 0 Å². The van der Waals surface area contributed by atoms with E-state index < -0.39 is 0 Å². The molecular formula is C13H16N2S. The summed E-state index contributed by atoms with van der Waals surface area (Å²) in [7, 11) is 0. The number of benzene rings is 1. The molecule has 0 fully saturated rings. The zero-order valence-electron chi connectivity index (χ0n) is 9.10. The van der Waals surface area contributed by atoms with Crippen LogP contribution >= 0.6 is 11.3 Å². The van der Waals surface area contributed by atoms with Gasteiger partial charge < -0.3 is 11.1 Å². The molecule has 0 saturated carbocycles. The summed E-state index contributed by atoms with van der Waals surface area (Å²) in [5.74, 6) is 0. The molecule has 1 aromatic carbocycles. The summed E-state index contributed by atoms with van der Waals surface area (Å²) in [6.07, 6.45) is 0. The van der Waals surface area contributed by atoms with Crippen molar-refractivity contribution in [1.29, 1.82) is 0 Å². The topological polar surface area (TPSA) is 38.0 Å². The van der Waals surface area contributed by atoms with Gasteiger partial charge in [0.15, 0.2) is 0 Å². The van der Waals surface area contributed by atoms with Crippen LogP contribution in [-0.4, -0.2) is 6.54 Å². The summed E-state index contributed by atoms with van der Waals surface area (Å²) in [5, 5.41) is 5.46. The van der Waals surface area contributed by atoms with Crippen molar-refractivity contribution in [2.45, 2.75) is 12.6 Å². The van der Waals surface area contributed by atoms with Gasteiger partial charge in [-0.1, -0.05) is 36.4 Å². The summed E-state index contributed by atoms with van der Waals surface area (Å²) < 4.78 is 0. The van der Waals surface area contributed by atoms with Crippen LogP contribution in [0.5, 0.6) is 0 Å². The van der Waals surface area contributed by atoms with Crippen LogP contribution in [0.25, 0.3) is 0 Å². The Morgan fingerprint density at radius 1 is 1.12 bits per heavy atom. The molecule has 0 radical (unpaired) electrons. The van der Waals surface area contributed by atoms with Gasteiger partial charge in [-0.05, 0) is 17.0 Å². The molecular weight excluding hydrogens is 216 g/mol. The molecule has 2 aromatic rings. The van der Waals surface area contributed by atoms with Gasteiger partial charge in [-0.3, -0.25) is 0 Å². The van der Waals surface area contributed by atoms with Crippen LogP contribution in [0.3, 0.4) is 0 Å². The highest BCUT2D eigenvalue weighted by molar-refractivity contribution is 7.09. The van der Waals surface area contributed by atoms with Gasteiger partial charge in [0.1, 0.15) is 0 Å². The summed E-state index contributed by atoms with van der Waals surface area (Å²) in [5.41, 5.74) is 7.26. The zero-order valence-corrected chi connectivity index (χ0v) is 9.91. The first-order chi connectivity index (χ1) is 7.86. The smallest absolute Gasteiger partial charge is 0.0421 e. The third-order valence-corrected chi connectivity index (χ3v) is 3.35. The second-order valence-electron chi connectivity index (χ2n) is 3.73. The maximum Gasteiger partial charge on any atom is 0.0421 e. The predicted octanol–water partition coefficient (Wildman–Crippen LogP) is 2.54. The van der Waals surface area contributed by atoms with Gasteiger partial charge in [0, 0.05) is 24.0 Å². The fraction of sp³-hybridized carbons (Fsp3) is 0.231. The maximum atomic E-state index is 6.08. The Bertz CT molecular complexity index is 397. The summed E-state index contributed by atoms with van der Waals surface area (Å²) in [6.45, 7) is 1.71. The van der Waals surface area contributed by atoms with Crippen molar-refractivity contribution in [3.63, 3.8) is 0 Å². The van der Waals surface area contributed by atoms with Gasteiger partial charge in [0.25, 0.3) is 0 Å². The van der Waals surface area contributed by atoms with Gasteiger partial charge in [-0.25, -0.2) is 0 Å². The lowest BCUT2D eigenvalue weighted by atomic mass is 10.1. The molecule has 84 valence electrons. The number of hydrogen-bond donors (Lipinski definition) is 2. The summed E-state index contributed by atoms with van der Waals surface area (Å²) in [6, 6.07) is 14.5.